The molecule has 0 fully saturated rings. The maximum Gasteiger partial charge on any atom is 0.404 e. The second kappa shape index (κ2) is 10.1. The first-order valence-corrected chi connectivity index (χ1v) is 8.89. The van der Waals surface area contributed by atoms with E-state index in [-0.39, 0.29) is 0 Å². The third-order valence-electron chi connectivity index (χ3n) is 1.97. The molecule has 0 aromatic carbocycles. The third kappa shape index (κ3) is 9.24. The minimum Gasteiger partial charge on any atom is -0.449 e. The highest BCUT2D eigenvalue weighted by atomic mass is 79.9. The molecule has 0 aliphatic rings. The van der Waals surface area contributed by atoms with Gasteiger partial charge < -0.3 is 10.5 Å². The molecule has 0 saturated carbocycles. The lowest BCUT2D eigenvalue weighted by Gasteiger charge is -2.20. The number of carbonyl (C=O) groups excluding carboxylic acids is 1. The normalized spacial score (nSPS) is 16.5. The monoisotopic (exact) mass is 485 g/mol. The van der Waals surface area contributed by atoms with Crippen LogP contribution in [0.15, 0.2) is 0 Å². The number of hydrogen-bond donors (Lipinski definition) is 1. The summed E-state index contributed by atoms with van der Waals surface area (Å²) < 4.78 is 4.86. The molecule has 16 heavy (non-hydrogen) atoms. The minimum atomic E-state index is -0.708. The molecule has 0 saturated heterocycles. The Balaban J connectivity index is 4.09. The van der Waals surface area contributed by atoms with E-state index in [1.807, 2.05) is 0 Å². The Morgan fingerprint density at radius 3 is 1.88 bits per heavy atom. The zero-order valence-electron chi connectivity index (χ0n) is 8.67. The van der Waals surface area contributed by atoms with Gasteiger partial charge in [-0.2, -0.15) is 0 Å². The predicted molar refractivity (Wildman–Crippen MR) is 81.3 cm³/mol. The Hall–Kier alpha value is 1.19. The first-order chi connectivity index (χ1) is 7.49. The van der Waals surface area contributed by atoms with Crippen molar-refractivity contribution in [3.05, 3.63) is 0 Å². The van der Waals surface area contributed by atoms with Crippen molar-refractivity contribution in [2.75, 3.05) is 17.3 Å². The molecule has 2 atom stereocenters. The highest BCUT2D eigenvalue weighted by Gasteiger charge is 2.18. The maximum absolute atomic E-state index is 10.6. The number of amides is 1. The zero-order valence-corrected chi connectivity index (χ0v) is 15.0. The number of halogens is 4. The molecule has 0 bridgehead atoms. The molecule has 0 spiro atoms. The summed E-state index contributed by atoms with van der Waals surface area (Å²) in [5.74, 6) is 0.302. The van der Waals surface area contributed by atoms with Crippen LogP contribution in [0.1, 0.15) is 12.8 Å². The first-order valence-electron chi connectivity index (χ1n) is 4.81. The molecule has 1 amide bonds. The molecule has 2 N–H and O–H groups in total. The Labute approximate surface area is 130 Å². The van der Waals surface area contributed by atoms with E-state index in [4.69, 9.17) is 10.5 Å². The van der Waals surface area contributed by atoms with Gasteiger partial charge in [-0.1, -0.05) is 63.7 Å². The summed E-state index contributed by atoms with van der Waals surface area (Å²) in [6.45, 7) is 0.375. The summed E-state index contributed by atoms with van der Waals surface area (Å²) in [4.78, 5) is 11.3. The van der Waals surface area contributed by atoms with Crippen molar-refractivity contribution in [3.63, 3.8) is 0 Å². The summed E-state index contributed by atoms with van der Waals surface area (Å²) in [5.41, 5.74) is 4.96. The Kier molecular flexibility index (Phi) is 10.9. The fourth-order valence-corrected chi connectivity index (χ4v) is 2.87. The number of ether oxygens (including phenoxy) is 1. The molecular weight excluding hydrogens is 474 g/mol. The molecule has 0 aliphatic carbocycles. The van der Waals surface area contributed by atoms with Crippen LogP contribution in [0.25, 0.3) is 0 Å². The maximum atomic E-state index is 10.6. The van der Waals surface area contributed by atoms with Crippen molar-refractivity contribution >= 4 is 69.8 Å². The highest BCUT2D eigenvalue weighted by Crippen LogP contribution is 2.23. The van der Waals surface area contributed by atoms with Gasteiger partial charge in [-0.25, -0.2) is 4.79 Å². The average Bonchev–Trinajstić information content (AvgIpc) is 2.25. The Morgan fingerprint density at radius 2 is 1.56 bits per heavy atom. The topological polar surface area (TPSA) is 52.3 Å². The molecule has 2 unspecified atom stereocenters. The molecular formula is C9H15Br4NO2. The quantitative estimate of drug-likeness (QED) is 0.529. The molecule has 0 aliphatic heterocycles. The fraction of sp³-hybridized carbons (Fsp3) is 0.889. The second-order valence-corrected chi connectivity index (χ2v) is 7.36. The van der Waals surface area contributed by atoms with Gasteiger partial charge in [-0.15, -0.1) is 0 Å². The van der Waals surface area contributed by atoms with E-state index in [9.17, 15) is 4.79 Å². The van der Waals surface area contributed by atoms with Crippen LogP contribution in [0.2, 0.25) is 0 Å². The lowest BCUT2D eigenvalue weighted by molar-refractivity contribution is 0.132. The lowest BCUT2D eigenvalue weighted by atomic mass is 9.99. The zero-order chi connectivity index (χ0) is 12.6. The van der Waals surface area contributed by atoms with E-state index in [0.717, 1.165) is 23.5 Å². The van der Waals surface area contributed by atoms with Crippen LogP contribution in [-0.4, -0.2) is 33.0 Å². The van der Waals surface area contributed by atoms with Crippen molar-refractivity contribution in [2.45, 2.75) is 22.5 Å². The summed E-state index contributed by atoms with van der Waals surface area (Å²) >= 11 is 13.9. The Morgan fingerprint density at radius 1 is 1.12 bits per heavy atom. The van der Waals surface area contributed by atoms with E-state index in [2.05, 4.69) is 63.7 Å². The number of carbonyl (C=O) groups is 1. The summed E-state index contributed by atoms with van der Waals surface area (Å²) in [7, 11) is 0. The summed E-state index contributed by atoms with van der Waals surface area (Å²) in [6.07, 6.45) is 1.17. The van der Waals surface area contributed by atoms with Crippen LogP contribution in [0.4, 0.5) is 4.79 Å². The summed E-state index contributed by atoms with van der Waals surface area (Å²) in [5, 5.41) is 1.75. The smallest absolute Gasteiger partial charge is 0.404 e. The molecule has 96 valence electrons. The molecule has 0 rings (SSSR count). The van der Waals surface area contributed by atoms with Crippen molar-refractivity contribution < 1.29 is 9.53 Å². The van der Waals surface area contributed by atoms with Crippen molar-refractivity contribution in [3.8, 4) is 0 Å². The van der Waals surface area contributed by atoms with E-state index >= 15 is 0 Å². The number of rotatable bonds is 8. The van der Waals surface area contributed by atoms with Gasteiger partial charge in [0.05, 0.1) is 6.61 Å². The van der Waals surface area contributed by atoms with E-state index in [1.54, 1.807) is 0 Å². The van der Waals surface area contributed by atoms with Gasteiger partial charge in [-0.05, 0) is 18.8 Å². The van der Waals surface area contributed by atoms with Crippen LogP contribution in [0, 0.1) is 5.92 Å². The van der Waals surface area contributed by atoms with E-state index in [0.29, 0.717) is 22.2 Å². The fourth-order valence-electron chi connectivity index (χ4n) is 1.28. The van der Waals surface area contributed by atoms with Gasteiger partial charge >= 0.3 is 6.09 Å². The molecule has 7 heteroatoms. The van der Waals surface area contributed by atoms with E-state index in [1.165, 1.54) is 0 Å². The SMILES string of the molecule is NC(=O)OCC(CC(Br)CBr)CC(Br)CBr. The highest BCUT2D eigenvalue weighted by molar-refractivity contribution is 9.12. The molecule has 3 nitrogen and oxygen atoms in total. The Bertz CT molecular complexity index is 194. The van der Waals surface area contributed by atoms with Crippen molar-refractivity contribution in [2.24, 2.45) is 11.7 Å². The van der Waals surface area contributed by atoms with Crippen LogP contribution < -0.4 is 5.73 Å². The van der Waals surface area contributed by atoms with Crippen LogP contribution in [0.3, 0.4) is 0 Å². The van der Waals surface area contributed by atoms with Gasteiger partial charge in [0, 0.05) is 20.3 Å². The number of hydrogen-bond acceptors (Lipinski definition) is 2. The van der Waals surface area contributed by atoms with Gasteiger partial charge in [0.2, 0.25) is 0 Å². The number of primary amides is 1. The molecule has 0 aromatic heterocycles. The van der Waals surface area contributed by atoms with Crippen LogP contribution in [-0.2, 0) is 4.74 Å². The second-order valence-electron chi connectivity index (χ2n) is 3.47. The molecule has 0 aromatic rings. The van der Waals surface area contributed by atoms with Crippen molar-refractivity contribution in [1.82, 2.24) is 0 Å². The molecule has 0 heterocycles. The standard InChI is InChI=1S/C9H15Br4NO2/c10-3-7(12)1-6(2-8(13)4-11)5-16-9(14)15/h6-8H,1-5H2,(H2,14,15). The van der Waals surface area contributed by atoms with Crippen LogP contribution >= 0.6 is 63.7 Å². The number of alkyl halides is 4. The molecule has 0 radical (unpaired) electrons. The average molecular weight is 489 g/mol. The van der Waals surface area contributed by atoms with Gasteiger partial charge in [0.15, 0.2) is 0 Å². The van der Waals surface area contributed by atoms with Crippen LogP contribution in [0.5, 0.6) is 0 Å². The lowest BCUT2D eigenvalue weighted by Crippen LogP contribution is -2.23. The first kappa shape index (κ1) is 17.2. The number of nitrogens with two attached hydrogens (primary N) is 1. The van der Waals surface area contributed by atoms with E-state index < -0.39 is 6.09 Å². The van der Waals surface area contributed by atoms with Gasteiger partial charge in [0.25, 0.3) is 0 Å². The minimum absolute atomic E-state index is 0.302. The van der Waals surface area contributed by atoms with Crippen molar-refractivity contribution in [1.29, 1.82) is 0 Å². The summed E-state index contributed by atoms with van der Waals surface area (Å²) in [6, 6.07) is 0. The van der Waals surface area contributed by atoms with Gasteiger partial charge in [0.1, 0.15) is 0 Å². The predicted octanol–water partition coefficient (Wildman–Crippen LogP) is 3.79. The third-order valence-corrected chi connectivity index (χ3v) is 6.67. The van der Waals surface area contributed by atoms with Gasteiger partial charge in [-0.3, -0.25) is 0 Å². The largest absolute Gasteiger partial charge is 0.449 e.